The maximum absolute atomic E-state index is 13.2. The van der Waals surface area contributed by atoms with Gasteiger partial charge < -0.3 is 10.6 Å². The Kier molecular flexibility index (Phi) is 4.31. The zero-order valence-corrected chi connectivity index (χ0v) is 13.8. The van der Waals surface area contributed by atoms with Crippen molar-refractivity contribution in [2.45, 2.75) is 71.3 Å². The van der Waals surface area contributed by atoms with Crippen molar-refractivity contribution >= 4 is 5.91 Å². The van der Waals surface area contributed by atoms with E-state index in [4.69, 9.17) is 5.73 Å². The molecule has 2 saturated carbocycles. The molecule has 3 unspecified atom stereocenters. The smallest absolute Gasteiger partial charge is 0.228 e. The van der Waals surface area contributed by atoms with Crippen molar-refractivity contribution in [3.8, 4) is 0 Å². The first-order valence-electron chi connectivity index (χ1n) is 9.07. The molecular weight excluding hydrogens is 260 g/mol. The molecule has 1 amide bonds. The van der Waals surface area contributed by atoms with Crippen LogP contribution in [0.15, 0.2) is 0 Å². The van der Waals surface area contributed by atoms with E-state index in [-0.39, 0.29) is 5.41 Å². The summed E-state index contributed by atoms with van der Waals surface area (Å²) in [6, 6.07) is 0.325. The summed E-state index contributed by atoms with van der Waals surface area (Å²) in [7, 11) is 0. The van der Waals surface area contributed by atoms with Gasteiger partial charge in [-0.1, -0.05) is 33.1 Å². The van der Waals surface area contributed by atoms with Crippen LogP contribution in [-0.2, 0) is 4.79 Å². The molecule has 3 rings (SSSR count). The van der Waals surface area contributed by atoms with E-state index >= 15 is 0 Å². The maximum Gasteiger partial charge on any atom is 0.228 e. The highest BCUT2D eigenvalue weighted by molar-refractivity contribution is 5.83. The van der Waals surface area contributed by atoms with E-state index in [9.17, 15) is 4.79 Å². The molecule has 0 radical (unpaired) electrons. The second-order valence-corrected chi connectivity index (χ2v) is 8.31. The molecule has 0 bridgehead atoms. The van der Waals surface area contributed by atoms with E-state index in [1.54, 1.807) is 0 Å². The zero-order valence-electron chi connectivity index (χ0n) is 13.8. The fraction of sp³-hybridized carbons (Fsp3) is 0.944. The van der Waals surface area contributed by atoms with Gasteiger partial charge in [0.25, 0.3) is 0 Å². The molecule has 1 heterocycles. The predicted molar refractivity (Wildman–Crippen MR) is 85.7 cm³/mol. The van der Waals surface area contributed by atoms with Gasteiger partial charge in [-0.05, 0) is 49.9 Å². The minimum absolute atomic E-state index is 0.0360. The summed E-state index contributed by atoms with van der Waals surface area (Å²) in [5, 5.41) is 0. The van der Waals surface area contributed by atoms with Gasteiger partial charge in [-0.25, -0.2) is 0 Å². The third-order valence-corrected chi connectivity index (χ3v) is 6.25. The van der Waals surface area contributed by atoms with Gasteiger partial charge in [-0.3, -0.25) is 4.79 Å². The minimum Gasteiger partial charge on any atom is -0.342 e. The number of carbonyl (C=O) groups is 1. The number of hydrogen-bond donors (Lipinski definition) is 1. The average Bonchev–Trinajstić information content (AvgIpc) is 3.05. The quantitative estimate of drug-likeness (QED) is 0.868. The summed E-state index contributed by atoms with van der Waals surface area (Å²) in [6.07, 6.45) is 9.45. The van der Waals surface area contributed by atoms with Crippen LogP contribution >= 0.6 is 0 Å². The lowest BCUT2D eigenvalue weighted by Gasteiger charge is -2.34. The molecule has 3 fully saturated rings. The molecule has 1 saturated heterocycles. The van der Waals surface area contributed by atoms with E-state index in [0.29, 0.717) is 29.7 Å². The molecule has 120 valence electrons. The van der Waals surface area contributed by atoms with E-state index in [2.05, 4.69) is 18.7 Å². The topological polar surface area (TPSA) is 46.3 Å². The summed E-state index contributed by atoms with van der Waals surface area (Å²) in [4.78, 5) is 15.4. The Balaban J connectivity index is 1.72. The van der Waals surface area contributed by atoms with Crippen molar-refractivity contribution in [2.75, 3.05) is 13.1 Å². The molecule has 21 heavy (non-hydrogen) atoms. The van der Waals surface area contributed by atoms with Crippen molar-refractivity contribution in [1.82, 2.24) is 4.90 Å². The highest BCUT2D eigenvalue weighted by Crippen LogP contribution is 2.46. The monoisotopic (exact) mass is 292 g/mol. The average molecular weight is 292 g/mol. The van der Waals surface area contributed by atoms with E-state index < -0.39 is 0 Å². The Bertz CT molecular complexity index is 387. The number of hydrogen-bond acceptors (Lipinski definition) is 2. The molecular formula is C18H32N2O. The SMILES string of the molecule is CC(C)CC1(C(=O)N2CC3CCCC(N)C3C2)CCCC1. The van der Waals surface area contributed by atoms with Crippen LogP contribution in [0.25, 0.3) is 0 Å². The summed E-state index contributed by atoms with van der Waals surface area (Å²) < 4.78 is 0. The lowest BCUT2D eigenvalue weighted by atomic mass is 9.77. The third-order valence-electron chi connectivity index (χ3n) is 6.25. The van der Waals surface area contributed by atoms with Crippen LogP contribution in [-0.4, -0.2) is 29.9 Å². The van der Waals surface area contributed by atoms with Gasteiger partial charge >= 0.3 is 0 Å². The summed E-state index contributed by atoms with van der Waals surface area (Å²) >= 11 is 0. The molecule has 3 atom stereocenters. The normalized spacial score (nSPS) is 35.2. The van der Waals surface area contributed by atoms with Gasteiger partial charge in [0.05, 0.1) is 0 Å². The van der Waals surface area contributed by atoms with Crippen LogP contribution in [0.3, 0.4) is 0 Å². The second-order valence-electron chi connectivity index (χ2n) is 8.31. The van der Waals surface area contributed by atoms with E-state index in [0.717, 1.165) is 38.8 Å². The van der Waals surface area contributed by atoms with Crippen LogP contribution in [0.5, 0.6) is 0 Å². The highest BCUT2D eigenvalue weighted by atomic mass is 16.2. The second kappa shape index (κ2) is 5.91. The van der Waals surface area contributed by atoms with Gasteiger partial charge in [0, 0.05) is 24.5 Å². The number of amides is 1. The molecule has 0 aromatic heterocycles. The van der Waals surface area contributed by atoms with Crippen molar-refractivity contribution in [3.05, 3.63) is 0 Å². The van der Waals surface area contributed by atoms with Crippen molar-refractivity contribution < 1.29 is 4.79 Å². The van der Waals surface area contributed by atoms with Crippen molar-refractivity contribution in [2.24, 2.45) is 28.9 Å². The van der Waals surface area contributed by atoms with Crippen LogP contribution in [0.2, 0.25) is 0 Å². The van der Waals surface area contributed by atoms with E-state index in [1.165, 1.54) is 25.7 Å². The first-order chi connectivity index (χ1) is 10.0. The fourth-order valence-corrected chi connectivity index (χ4v) is 5.36. The lowest BCUT2D eigenvalue weighted by molar-refractivity contribution is -0.142. The summed E-state index contributed by atoms with van der Waals surface area (Å²) in [5.41, 5.74) is 6.28. The molecule has 0 aromatic carbocycles. The third kappa shape index (κ3) is 2.86. The van der Waals surface area contributed by atoms with Gasteiger partial charge in [-0.15, -0.1) is 0 Å². The summed E-state index contributed by atoms with van der Waals surface area (Å²) in [5.74, 6) is 2.32. The fourth-order valence-electron chi connectivity index (χ4n) is 5.36. The molecule has 2 N–H and O–H groups in total. The molecule has 3 aliphatic rings. The Hall–Kier alpha value is -0.570. The molecule has 0 aromatic rings. The molecule has 0 spiro atoms. The number of likely N-dealkylation sites (tertiary alicyclic amines) is 1. The first-order valence-corrected chi connectivity index (χ1v) is 9.07. The Labute approximate surface area is 129 Å². The Morgan fingerprint density at radius 2 is 1.90 bits per heavy atom. The molecule has 3 nitrogen and oxygen atoms in total. The van der Waals surface area contributed by atoms with Crippen molar-refractivity contribution in [1.29, 1.82) is 0 Å². The lowest BCUT2D eigenvalue weighted by Crippen LogP contribution is -2.43. The minimum atomic E-state index is -0.0360. The number of rotatable bonds is 3. The van der Waals surface area contributed by atoms with Gasteiger partial charge in [0.2, 0.25) is 5.91 Å². The summed E-state index contributed by atoms with van der Waals surface area (Å²) in [6.45, 7) is 6.43. The van der Waals surface area contributed by atoms with Crippen LogP contribution in [0.4, 0.5) is 0 Å². The predicted octanol–water partition coefficient (Wildman–Crippen LogP) is 3.18. The number of carbonyl (C=O) groups excluding carboxylic acids is 1. The van der Waals surface area contributed by atoms with Crippen LogP contribution < -0.4 is 5.73 Å². The first kappa shape index (κ1) is 15.3. The molecule has 1 aliphatic heterocycles. The van der Waals surface area contributed by atoms with Crippen LogP contribution in [0, 0.1) is 23.2 Å². The molecule has 3 heteroatoms. The highest BCUT2D eigenvalue weighted by Gasteiger charge is 2.48. The Morgan fingerprint density at radius 1 is 1.19 bits per heavy atom. The zero-order chi connectivity index (χ0) is 15.0. The molecule has 2 aliphatic carbocycles. The van der Waals surface area contributed by atoms with Crippen LogP contribution in [0.1, 0.15) is 65.2 Å². The van der Waals surface area contributed by atoms with Gasteiger partial charge in [0.1, 0.15) is 0 Å². The van der Waals surface area contributed by atoms with Gasteiger partial charge in [0.15, 0.2) is 0 Å². The number of nitrogens with zero attached hydrogens (tertiary/aromatic N) is 1. The number of fused-ring (bicyclic) bond motifs is 1. The number of nitrogens with two attached hydrogens (primary N) is 1. The van der Waals surface area contributed by atoms with Crippen molar-refractivity contribution in [3.63, 3.8) is 0 Å². The Morgan fingerprint density at radius 3 is 2.52 bits per heavy atom. The van der Waals surface area contributed by atoms with Gasteiger partial charge in [-0.2, -0.15) is 0 Å². The maximum atomic E-state index is 13.2. The largest absolute Gasteiger partial charge is 0.342 e. The van der Waals surface area contributed by atoms with E-state index in [1.807, 2.05) is 0 Å². The standard InChI is InChI=1S/C18H32N2O/c1-13(2)10-18(8-3-4-9-18)17(21)20-11-14-6-5-7-16(19)15(14)12-20/h13-16H,3-12,19H2,1-2H3.